The van der Waals surface area contributed by atoms with Crippen molar-refractivity contribution in [1.82, 2.24) is 14.5 Å². The number of aliphatic hydroxyl groups is 1. The van der Waals surface area contributed by atoms with Crippen molar-refractivity contribution in [3.05, 3.63) is 20.0 Å². The van der Waals surface area contributed by atoms with Crippen LogP contribution in [0.1, 0.15) is 26.0 Å². The van der Waals surface area contributed by atoms with E-state index < -0.39 is 17.9 Å². The van der Waals surface area contributed by atoms with Gasteiger partial charge in [-0.15, -0.1) is 0 Å². The molecule has 0 saturated carbocycles. The Morgan fingerprint density at radius 2 is 2.35 bits per heavy atom. The summed E-state index contributed by atoms with van der Waals surface area (Å²) < 4.78 is 7.55. The van der Waals surface area contributed by atoms with E-state index in [-0.39, 0.29) is 32.5 Å². The largest absolute Gasteiger partial charge is 0.390 e. The fourth-order valence-electron chi connectivity index (χ4n) is 2.79. The Bertz CT molecular complexity index is 829. The zero-order chi connectivity index (χ0) is 16.7. The predicted molar refractivity (Wildman–Crippen MR) is 91.0 cm³/mol. The molecular weight excluding hydrogens is 340 g/mol. The molecule has 2 aromatic heterocycles. The standard InChI is InChI=1S/C13H18N4O4S2/c1-3-5(18)6-4-7(22-2)11(21-6)17-9-8(23-13(17)20)10(19)16-12(14)15-9/h5-7,11,18H,3-4H2,1-2H3,(H3,14,15,16,19)/t5?,6?,7-,11?/m1/s1. The lowest BCUT2D eigenvalue weighted by molar-refractivity contribution is -0.0584. The molecule has 4 N–H and O–H groups in total. The molecule has 0 amide bonds. The Hall–Kier alpha value is -1.36. The first-order chi connectivity index (χ1) is 11.0. The summed E-state index contributed by atoms with van der Waals surface area (Å²) in [6.45, 7) is 1.88. The van der Waals surface area contributed by atoms with E-state index in [1.54, 1.807) is 11.8 Å². The van der Waals surface area contributed by atoms with Gasteiger partial charge in [0.2, 0.25) is 5.95 Å². The second kappa shape index (κ2) is 6.27. The van der Waals surface area contributed by atoms with Crippen molar-refractivity contribution < 1.29 is 9.84 Å². The van der Waals surface area contributed by atoms with Crippen molar-refractivity contribution in [2.75, 3.05) is 12.0 Å². The van der Waals surface area contributed by atoms with Crippen LogP contribution in [0.2, 0.25) is 0 Å². The van der Waals surface area contributed by atoms with Gasteiger partial charge in [-0.05, 0) is 19.1 Å². The van der Waals surface area contributed by atoms with Gasteiger partial charge in [0.05, 0.1) is 17.5 Å². The molecule has 0 aromatic carbocycles. The van der Waals surface area contributed by atoms with Crippen molar-refractivity contribution in [3.8, 4) is 0 Å². The lowest BCUT2D eigenvalue weighted by Gasteiger charge is -2.19. The molecule has 1 aliphatic heterocycles. The molecule has 4 atom stereocenters. The van der Waals surface area contributed by atoms with Crippen LogP contribution in [0.15, 0.2) is 9.59 Å². The first kappa shape index (κ1) is 16.5. The minimum atomic E-state index is -0.586. The van der Waals surface area contributed by atoms with E-state index in [1.807, 2.05) is 13.2 Å². The van der Waals surface area contributed by atoms with Crippen molar-refractivity contribution >= 4 is 39.4 Å². The van der Waals surface area contributed by atoms with E-state index in [0.717, 1.165) is 11.3 Å². The zero-order valence-corrected chi connectivity index (χ0v) is 14.3. The average molecular weight is 358 g/mol. The summed E-state index contributed by atoms with van der Waals surface area (Å²) in [5, 5.41) is 10.0. The number of anilines is 1. The molecule has 8 nitrogen and oxygen atoms in total. The van der Waals surface area contributed by atoms with Gasteiger partial charge >= 0.3 is 4.87 Å². The summed E-state index contributed by atoms with van der Waals surface area (Å²) in [6, 6.07) is 0. The van der Waals surface area contributed by atoms with Crippen LogP contribution in [0.5, 0.6) is 0 Å². The number of hydrogen-bond acceptors (Lipinski definition) is 8. The molecule has 2 aromatic rings. The molecule has 23 heavy (non-hydrogen) atoms. The monoisotopic (exact) mass is 358 g/mol. The van der Waals surface area contributed by atoms with Crippen molar-refractivity contribution in [3.63, 3.8) is 0 Å². The van der Waals surface area contributed by atoms with Gasteiger partial charge in [-0.3, -0.25) is 19.1 Å². The lowest BCUT2D eigenvalue weighted by atomic mass is 10.1. The molecule has 1 saturated heterocycles. The number of thioether (sulfide) groups is 1. The van der Waals surface area contributed by atoms with E-state index in [9.17, 15) is 14.7 Å². The highest BCUT2D eigenvalue weighted by atomic mass is 32.2. The number of aromatic amines is 1. The molecule has 0 radical (unpaired) electrons. The number of aliphatic hydroxyl groups excluding tert-OH is 1. The number of ether oxygens (including phenoxy) is 1. The third kappa shape index (κ3) is 2.80. The summed E-state index contributed by atoms with van der Waals surface area (Å²) in [7, 11) is 0. The topological polar surface area (TPSA) is 123 Å². The van der Waals surface area contributed by atoms with Crippen molar-refractivity contribution in [2.45, 2.75) is 43.5 Å². The molecular formula is C13H18N4O4S2. The zero-order valence-electron chi connectivity index (χ0n) is 12.7. The maximum atomic E-state index is 12.4. The molecule has 3 rings (SSSR count). The van der Waals surface area contributed by atoms with Crippen LogP contribution in [0, 0.1) is 0 Å². The van der Waals surface area contributed by atoms with Gasteiger partial charge in [-0.1, -0.05) is 18.3 Å². The van der Waals surface area contributed by atoms with E-state index in [4.69, 9.17) is 10.5 Å². The molecule has 0 aliphatic carbocycles. The fourth-order valence-corrected chi connectivity index (χ4v) is 4.43. The van der Waals surface area contributed by atoms with Gasteiger partial charge in [-0.2, -0.15) is 16.7 Å². The highest BCUT2D eigenvalue weighted by molar-refractivity contribution is 7.99. The van der Waals surface area contributed by atoms with Gasteiger partial charge in [0.15, 0.2) is 11.9 Å². The van der Waals surface area contributed by atoms with E-state index in [0.29, 0.717) is 12.8 Å². The van der Waals surface area contributed by atoms with Crippen LogP contribution >= 0.6 is 23.1 Å². The van der Waals surface area contributed by atoms with E-state index in [2.05, 4.69) is 9.97 Å². The number of nitrogen functional groups attached to an aromatic ring is 1. The molecule has 0 bridgehead atoms. The molecule has 10 heteroatoms. The highest BCUT2D eigenvalue weighted by Gasteiger charge is 2.40. The molecule has 0 spiro atoms. The summed E-state index contributed by atoms with van der Waals surface area (Å²) >= 11 is 2.38. The predicted octanol–water partition coefficient (Wildman–Crippen LogP) is 0.518. The number of hydrogen-bond donors (Lipinski definition) is 3. The van der Waals surface area contributed by atoms with Crippen LogP contribution in [-0.4, -0.2) is 43.4 Å². The van der Waals surface area contributed by atoms with Crippen molar-refractivity contribution in [2.24, 2.45) is 0 Å². The Labute approximate surface area is 139 Å². The van der Waals surface area contributed by atoms with Gasteiger partial charge in [0, 0.05) is 0 Å². The van der Waals surface area contributed by atoms with Gasteiger partial charge < -0.3 is 15.6 Å². The van der Waals surface area contributed by atoms with Crippen LogP contribution in [-0.2, 0) is 4.74 Å². The minimum Gasteiger partial charge on any atom is -0.390 e. The summed E-state index contributed by atoms with van der Waals surface area (Å²) in [5.41, 5.74) is 5.40. The fraction of sp³-hybridized carbons (Fsp3) is 0.615. The lowest BCUT2D eigenvalue weighted by Crippen LogP contribution is -2.28. The second-order valence-electron chi connectivity index (χ2n) is 5.39. The first-order valence-corrected chi connectivity index (χ1v) is 9.33. The van der Waals surface area contributed by atoms with Crippen LogP contribution in [0.25, 0.3) is 10.3 Å². The molecule has 3 unspecified atom stereocenters. The number of nitrogens with zero attached hydrogens (tertiary/aromatic N) is 2. The SMILES string of the molecule is CCC(O)C1C[C@@H](SC)C(n2c(=O)sc3c(=O)[nH]c(N)nc32)O1. The number of nitrogens with one attached hydrogen (secondary N) is 1. The Balaban J connectivity index is 2.10. The third-order valence-electron chi connectivity index (χ3n) is 3.99. The van der Waals surface area contributed by atoms with Gasteiger partial charge in [0.1, 0.15) is 4.70 Å². The summed E-state index contributed by atoms with van der Waals surface area (Å²) in [6.07, 6.45) is 1.62. The molecule has 126 valence electrons. The summed E-state index contributed by atoms with van der Waals surface area (Å²) in [5.74, 6) is -0.0436. The maximum absolute atomic E-state index is 12.4. The average Bonchev–Trinajstić information content (AvgIpc) is 3.07. The van der Waals surface area contributed by atoms with Gasteiger partial charge in [-0.25, -0.2) is 0 Å². The van der Waals surface area contributed by atoms with E-state index in [1.165, 1.54) is 4.57 Å². The van der Waals surface area contributed by atoms with E-state index >= 15 is 0 Å². The van der Waals surface area contributed by atoms with Crippen LogP contribution in [0.4, 0.5) is 5.95 Å². The number of thiazole rings is 1. The van der Waals surface area contributed by atoms with Crippen LogP contribution < -0.4 is 16.2 Å². The number of rotatable bonds is 4. The molecule has 1 aliphatic rings. The summed E-state index contributed by atoms with van der Waals surface area (Å²) in [4.78, 5) is 30.5. The molecule has 3 heterocycles. The Kier molecular flexibility index (Phi) is 4.50. The second-order valence-corrected chi connectivity index (χ2v) is 7.43. The number of H-pyrrole nitrogens is 1. The quantitative estimate of drug-likeness (QED) is 0.728. The smallest absolute Gasteiger partial charge is 0.311 e. The normalized spacial score (nSPS) is 26.0. The maximum Gasteiger partial charge on any atom is 0.311 e. The Morgan fingerprint density at radius 1 is 1.61 bits per heavy atom. The van der Waals surface area contributed by atoms with Crippen molar-refractivity contribution in [1.29, 1.82) is 0 Å². The number of nitrogens with two attached hydrogens (primary N) is 1. The highest BCUT2D eigenvalue weighted by Crippen LogP contribution is 2.38. The Morgan fingerprint density at radius 3 is 3.00 bits per heavy atom. The van der Waals surface area contributed by atoms with Crippen LogP contribution in [0.3, 0.4) is 0 Å². The third-order valence-corrected chi connectivity index (χ3v) is 5.97. The minimum absolute atomic E-state index is 0.0148. The number of aromatic nitrogens is 3. The number of fused-ring (bicyclic) bond motifs is 1. The first-order valence-electron chi connectivity index (χ1n) is 7.23. The molecule has 1 fully saturated rings. The van der Waals surface area contributed by atoms with Gasteiger partial charge in [0.25, 0.3) is 5.56 Å².